The van der Waals surface area contributed by atoms with Gasteiger partial charge in [-0.05, 0) is 31.5 Å². The lowest BCUT2D eigenvalue weighted by Gasteiger charge is -2.22. The van der Waals surface area contributed by atoms with Gasteiger partial charge < -0.3 is 4.90 Å². The van der Waals surface area contributed by atoms with Gasteiger partial charge in [-0.1, -0.05) is 42.0 Å². The van der Waals surface area contributed by atoms with Crippen molar-refractivity contribution in [3.8, 4) is 0 Å². The van der Waals surface area contributed by atoms with E-state index in [4.69, 9.17) is 0 Å². The fourth-order valence-corrected chi connectivity index (χ4v) is 3.54. The molecule has 2 nitrogen and oxygen atoms in total. The van der Waals surface area contributed by atoms with Crippen LogP contribution in [-0.4, -0.2) is 6.54 Å². The van der Waals surface area contributed by atoms with Crippen LogP contribution in [0.3, 0.4) is 0 Å². The minimum absolute atomic E-state index is 0.134. The van der Waals surface area contributed by atoms with Gasteiger partial charge in [-0.3, -0.25) is 4.79 Å². The third-order valence-corrected chi connectivity index (χ3v) is 4.80. The second-order valence-corrected chi connectivity index (χ2v) is 6.36. The van der Waals surface area contributed by atoms with E-state index in [0.29, 0.717) is 0 Å². The summed E-state index contributed by atoms with van der Waals surface area (Å²) in [5, 5.41) is 2.82. The lowest BCUT2D eigenvalue weighted by atomic mass is 10.1. The van der Waals surface area contributed by atoms with Crippen LogP contribution < -0.4 is 10.3 Å². The van der Waals surface area contributed by atoms with E-state index in [1.54, 1.807) is 11.3 Å². The molecule has 3 heteroatoms. The molecule has 0 N–H and O–H groups in total. The summed E-state index contributed by atoms with van der Waals surface area (Å²) < 4.78 is 1.05. The highest BCUT2D eigenvalue weighted by atomic mass is 32.1. The summed E-state index contributed by atoms with van der Waals surface area (Å²) in [6.07, 6.45) is 0. The fourth-order valence-electron chi connectivity index (χ4n) is 2.62. The van der Waals surface area contributed by atoms with Gasteiger partial charge in [0.25, 0.3) is 0 Å². The van der Waals surface area contributed by atoms with E-state index >= 15 is 0 Å². The maximum atomic E-state index is 12.8. The van der Waals surface area contributed by atoms with Crippen LogP contribution in [0.2, 0.25) is 0 Å². The fraction of sp³-hybridized carbons (Fsp3) is 0.211. The van der Waals surface area contributed by atoms with Gasteiger partial charge >= 0.3 is 0 Å². The molecule has 22 heavy (non-hydrogen) atoms. The topological polar surface area (TPSA) is 20.3 Å². The van der Waals surface area contributed by atoms with Gasteiger partial charge in [-0.2, -0.15) is 0 Å². The average Bonchev–Trinajstić information content (AvgIpc) is 2.55. The zero-order valence-corrected chi connectivity index (χ0v) is 13.7. The van der Waals surface area contributed by atoms with Crippen LogP contribution in [0, 0.1) is 6.92 Å². The van der Waals surface area contributed by atoms with Gasteiger partial charge in [0.05, 0.1) is 5.69 Å². The van der Waals surface area contributed by atoms with Gasteiger partial charge in [-0.25, -0.2) is 0 Å². The largest absolute Gasteiger partial charge is 0.364 e. The Labute approximate surface area is 134 Å². The monoisotopic (exact) mass is 309 g/mol. The standard InChI is InChI=1S/C19H19NOS/c1-3-20(12-15-7-5-4-6-8-15)17-13-22-18-10-9-14(2)11-16(18)19(17)21/h4-11,13H,3,12H2,1-2H3. The van der Waals surface area contributed by atoms with Crippen LogP contribution in [0.25, 0.3) is 10.1 Å². The number of fused-ring (bicyclic) bond motifs is 1. The maximum absolute atomic E-state index is 12.8. The highest BCUT2D eigenvalue weighted by molar-refractivity contribution is 7.16. The predicted octanol–water partition coefficient (Wildman–Crippen LogP) is 4.60. The van der Waals surface area contributed by atoms with Crippen LogP contribution in [0.1, 0.15) is 18.1 Å². The summed E-state index contributed by atoms with van der Waals surface area (Å²) in [6, 6.07) is 16.4. The first-order valence-electron chi connectivity index (χ1n) is 7.50. The first-order valence-corrected chi connectivity index (χ1v) is 8.38. The second-order valence-electron chi connectivity index (χ2n) is 5.45. The molecule has 0 aliphatic heterocycles. The Bertz CT molecular complexity index is 839. The molecule has 0 aliphatic carbocycles. The molecular weight excluding hydrogens is 290 g/mol. The minimum Gasteiger partial charge on any atom is -0.364 e. The van der Waals surface area contributed by atoms with Crippen LogP contribution in [-0.2, 0) is 6.54 Å². The van der Waals surface area contributed by atoms with Gasteiger partial charge in [-0.15, -0.1) is 11.3 Å². The normalized spacial score (nSPS) is 10.8. The lowest BCUT2D eigenvalue weighted by molar-refractivity contribution is 0.830. The molecule has 1 heterocycles. The van der Waals surface area contributed by atoms with Crippen LogP contribution in [0.4, 0.5) is 5.69 Å². The van der Waals surface area contributed by atoms with E-state index in [1.807, 2.05) is 42.6 Å². The molecule has 112 valence electrons. The third kappa shape index (κ3) is 2.90. The molecule has 0 fully saturated rings. The number of benzene rings is 2. The second kappa shape index (κ2) is 6.32. The zero-order valence-electron chi connectivity index (χ0n) is 12.9. The van der Waals surface area contributed by atoms with Crippen LogP contribution in [0.5, 0.6) is 0 Å². The lowest BCUT2D eigenvalue weighted by Crippen LogP contribution is -2.27. The molecule has 0 bridgehead atoms. The van der Waals surface area contributed by atoms with E-state index < -0.39 is 0 Å². The van der Waals surface area contributed by atoms with Crippen LogP contribution in [0.15, 0.2) is 58.7 Å². The molecule has 1 aromatic heterocycles. The molecule has 2 aromatic carbocycles. The van der Waals surface area contributed by atoms with E-state index in [-0.39, 0.29) is 5.43 Å². The Hall–Kier alpha value is -2.13. The van der Waals surface area contributed by atoms with Gasteiger partial charge in [0.2, 0.25) is 5.43 Å². The number of rotatable bonds is 4. The molecule has 0 atom stereocenters. The minimum atomic E-state index is 0.134. The Morgan fingerprint density at radius 3 is 2.59 bits per heavy atom. The molecule has 0 saturated heterocycles. The summed E-state index contributed by atoms with van der Waals surface area (Å²) in [6.45, 7) is 5.69. The number of anilines is 1. The smallest absolute Gasteiger partial charge is 0.211 e. The summed E-state index contributed by atoms with van der Waals surface area (Å²) in [4.78, 5) is 15.0. The van der Waals surface area contributed by atoms with Crippen molar-refractivity contribution in [2.45, 2.75) is 20.4 Å². The first kappa shape index (κ1) is 14.8. The van der Waals surface area contributed by atoms with Crippen molar-refractivity contribution in [2.24, 2.45) is 0 Å². The van der Waals surface area contributed by atoms with Gasteiger partial charge in [0.15, 0.2) is 0 Å². The zero-order chi connectivity index (χ0) is 15.5. The third-order valence-electron chi connectivity index (χ3n) is 3.85. The summed E-state index contributed by atoms with van der Waals surface area (Å²) in [7, 11) is 0. The summed E-state index contributed by atoms with van der Waals surface area (Å²) in [5.41, 5.74) is 3.28. The van der Waals surface area contributed by atoms with E-state index in [0.717, 1.165) is 34.4 Å². The number of hydrogen-bond donors (Lipinski definition) is 0. The van der Waals surface area contributed by atoms with Crippen molar-refractivity contribution in [3.63, 3.8) is 0 Å². The summed E-state index contributed by atoms with van der Waals surface area (Å²) in [5.74, 6) is 0. The number of hydrogen-bond acceptors (Lipinski definition) is 3. The van der Waals surface area contributed by atoms with Crippen molar-refractivity contribution in [3.05, 3.63) is 75.3 Å². The van der Waals surface area contributed by atoms with E-state index in [1.165, 1.54) is 5.56 Å². The van der Waals surface area contributed by atoms with Crippen molar-refractivity contribution < 1.29 is 0 Å². The van der Waals surface area contributed by atoms with Gasteiger partial charge in [0, 0.05) is 28.6 Å². The molecule has 0 radical (unpaired) electrons. The Morgan fingerprint density at radius 1 is 1.09 bits per heavy atom. The highest BCUT2D eigenvalue weighted by Crippen LogP contribution is 2.23. The molecule has 0 aliphatic rings. The molecular formula is C19H19NOS. The molecule has 0 amide bonds. The Kier molecular flexibility index (Phi) is 4.25. The maximum Gasteiger partial charge on any atom is 0.211 e. The van der Waals surface area contributed by atoms with E-state index in [2.05, 4.69) is 30.0 Å². The van der Waals surface area contributed by atoms with Gasteiger partial charge in [0.1, 0.15) is 0 Å². The first-order chi connectivity index (χ1) is 10.7. The number of nitrogens with zero attached hydrogens (tertiary/aromatic N) is 1. The predicted molar refractivity (Wildman–Crippen MR) is 96.0 cm³/mol. The average molecular weight is 309 g/mol. The van der Waals surface area contributed by atoms with Crippen LogP contribution >= 0.6 is 11.3 Å². The SMILES string of the molecule is CCN(Cc1ccccc1)c1csc2ccc(C)cc2c1=O. The Balaban J connectivity index is 2.04. The molecule has 3 aromatic rings. The van der Waals surface area contributed by atoms with Crippen molar-refractivity contribution >= 4 is 27.1 Å². The summed E-state index contributed by atoms with van der Waals surface area (Å²) >= 11 is 1.64. The van der Waals surface area contributed by atoms with Crippen molar-refractivity contribution in [1.82, 2.24) is 0 Å². The molecule has 0 saturated carbocycles. The molecule has 0 spiro atoms. The highest BCUT2D eigenvalue weighted by Gasteiger charge is 2.12. The number of aryl methyl sites for hydroxylation is 1. The molecule has 0 unspecified atom stereocenters. The van der Waals surface area contributed by atoms with E-state index in [9.17, 15) is 4.79 Å². The Morgan fingerprint density at radius 2 is 1.86 bits per heavy atom. The van der Waals surface area contributed by atoms with Crippen molar-refractivity contribution in [2.75, 3.05) is 11.4 Å². The molecule has 3 rings (SSSR count). The van der Waals surface area contributed by atoms with Crippen molar-refractivity contribution in [1.29, 1.82) is 0 Å². The quantitative estimate of drug-likeness (QED) is 0.702.